The van der Waals surface area contributed by atoms with Gasteiger partial charge in [0, 0.05) is 77.9 Å². The molecule has 2 aliphatic rings. The van der Waals surface area contributed by atoms with E-state index in [0.717, 1.165) is 45.5 Å². The van der Waals surface area contributed by atoms with Crippen molar-refractivity contribution in [2.75, 3.05) is 9.80 Å². The molecular formula is C126H88N4. The second-order valence-electron chi connectivity index (χ2n) is 36.2. The molecule has 0 amide bonds. The fourth-order valence-electron chi connectivity index (χ4n) is 22.0. The minimum Gasteiger partial charge on any atom is -0.310 e. The first-order valence-electron chi connectivity index (χ1n) is 45.3. The summed E-state index contributed by atoms with van der Waals surface area (Å²) in [5.74, 6) is 0. The van der Waals surface area contributed by atoms with E-state index in [-0.39, 0.29) is 10.8 Å². The van der Waals surface area contributed by atoms with Crippen LogP contribution in [0.3, 0.4) is 0 Å². The number of rotatable bonds is 12. The number of anilines is 6. The van der Waals surface area contributed by atoms with Crippen LogP contribution in [0.1, 0.15) is 49.9 Å². The van der Waals surface area contributed by atoms with E-state index in [0.29, 0.717) is 0 Å². The molecule has 2 heterocycles. The van der Waals surface area contributed by atoms with E-state index in [1.54, 1.807) is 0 Å². The Bertz CT molecular complexity index is 8620. The first-order valence-corrected chi connectivity index (χ1v) is 45.3. The predicted octanol–water partition coefficient (Wildman–Crippen LogP) is 34.7. The van der Waals surface area contributed by atoms with E-state index in [9.17, 15) is 0 Å². The van der Waals surface area contributed by atoms with Gasteiger partial charge in [-0.2, -0.15) is 0 Å². The van der Waals surface area contributed by atoms with E-state index >= 15 is 0 Å². The largest absolute Gasteiger partial charge is 0.310 e. The summed E-state index contributed by atoms with van der Waals surface area (Å²) in [6, 6.07) is 170. The molecule has 0 radical (unpaired) electrons. The van der Waals surface area contributed by atoms with Crippen molar-refractivity contribution < 1.29 is 0 Å². The first-order chi connectivity index (χ1) is 64.0. The zero-order chi connectivity index (χ0) is 86.5. The van der Waals surface area contributed by atoms with Gasteiger partial charge in [0.05, 0.1) is 22.1 Å². The van der Waals surface area contributed by atoms with Crippen molar-refractivity contribution in [3.8, 4) is 78.1 Å². The molecule has 22 aromatic carbocycles. The molecule has 0 bridgehead atoms. The van der Waals surface area contributed by atoms with Gasteiger partial charge in [-0.05, 0) is 293 Å². The number of hydrogen-bond acceptors (Lipinski definition) is 2. The Balaban J connectivity index is 0.000000140. The minimum absolute atomic E-state index is 0.122. The lowest BCUT2D eigenvalue weighted by atomic mass is 9.82. The van der Waals surface area contributed by atoms with Crippen LogP contribution in [-0.4, -0.2) is 9.13 Å². The molecule has 24 aromatic rings. The van der Waals surface area contributed by atoms with Gasteiger partial charge in [0.15, 0.2) is 0 Å². The average Bonchev–Trinajstić information content (AvgIpc) is 1.73. The van der Waals surface area contributed by atoms with E-state index in [4.69, 9.17) is 0 Å². The topological polar surface area (TPSA) is 16.3 Å². The SMILES string of the molecule is CC1(C)c2ccccc2-c2ccc(N(c3ccc(-c4ccc5c(c4)c4cc(-c6ccccc6)ccc4n5-c4ccccc4)cc3)c3ccc4c5ccccc5c5ccccc5c4c3)cc21.CC1(C)c2ccccc2-c2ccc(N(c3ccc(-c4ccc5c(c4)c4ccccc4n5-c4ccc(-c5ccccc5)cc4)cc3)c3ccc4c5ccccc5c5ccccc5c4c3)cc21. The van der Waals surface area contributed by atoms with Crippen molar-refractivity contribution in [1.82, 2.24) is 9.13 Å². The molecular weight excluding hydrogens is 1570 g/mol. The summed E-state index contributed by atoms with van der Waals surface area (Å²) in [7, 11) is 0. The van der Waals surface area contributed by atoms with Crippen molar-refractivity contribution >= 4 is 142 Å². The molecule has 0 N–H and O–H groups in total. The zero-order valence-electron chi connectivity index (χ0n) is 72.7. The maximum Gasteiger partial charge on any atom is 0.0541 e. The van der Waals surface area contributed by atoms with Crippen LogP contribution < -0.4 is 9.80 Å². The van der Waals surface area contributed by atoms with Crippen LogP contribution in [0.2, 0.25) is 0 Å². The van der Waals surface area contributed by atoms with Crippen LogP contribution in [-0.2, 0) is 10.8 Å². The molecule has 0 atom stereocenters. The summed E-state index contributed by atoms with van der Waals surface area (Å²) in [6.45, 7) is 9.46. The maximum atomic E-state index is 2.45. The van der Waals surface area contributed by atoms with E-state index in [2.05, 4.69) is 508 Å². The molecule has 0 saturated carbocycles. The summed E-state index contributed by atoms with van der Waals surface area (Å²) in [5.41, 5.74) is 34.0. The number of nitrogens with zero attached hydrogens (tertiary/aromatic N) is 4. The van der Waals surface area contributed by atoms with Gasteiger partial charge in [-0.3, -0.25) is 0 Å². The van der Waals surface area contributed by atoms with Gasteiger partial charge in [0.25, 0.3) is 0 Å². The van der Waals surface area contributed by atoms with E-state index in [1.807, 2.05) is 0 Å². The third-order valence-corrected chi connectivity index (χ3v) is 28.3. The summed E-state index contributed by atoms with van der Waals surface area (Å²) in [4.78, 5) is 4.90. The molecule has 4 nitrogen and oxygen atoms in total. The highest BCUT2D eigenvalue weighted by molar-refractivity contribution is 6.27. The summed E-state index contributed by atoms with van der Waals surface area (Å²) < 4.78 is 4.80. The standard InChI is InChI=1S/2C63H44N2/c1-63(2)59-24-14-13-23-54(59)55-34-32-48(40-60(55)63)64(47-31-33-53-51-21-10-9-19-49(51)50-20-11-12-22-52(50)56(53)39-47)46-29-25-42(26-30-46)44-28-36-62-58(38-44)57-37-43(41-15-5-3-6-16-41)27-35-61(57)65(62)45-17-7-4-8-18-45;1-63(2)59-22-12-10-20-54(59)55-36-34-48(40-60(55)63)64(47-33-35-53-51-18-7-6-16-49(51)50-17-8-9-19-52(50)57(53)39-47)45-29-26-43(27-30-45)44-28-37-62-58(38-44)56-21-11-13-23-61(56)65(62)46-31-24-42(25-32-46)41-14-4-3-5-15-41/h2*3-40H,1-2H3. The van der Waals surface area contributed by atoms with Gasteiger partial charge in [0.2, 0.25) is 0 Å². The molecule has 2 aromatic heterocycles. The summed E-state index contributed by atoms with van der Waals surface area (Å²) in [6.07, 6.45) is 0. The van der Waals surface area contributed by atoms with Crippen LogP contribution in [0, 0.1) is 0 Å². The number of fused-ring (bicyclic) bond motifs is 24. The van der Waals surface area contributed by atoms with Crippen molar-refractivity contribution in [2.24, 2.45) is 0 Å². The normalized spacial score (nSPS) is 12.9. The fraction of sp³-hybridized carbons (Fsp3) is 0.0476. The molecule has 0 spiro atoms. The van der Waals surface area contributed by atoms with Crippen molar-refractivity contribution in [3.05, 3.63) is 483 Å². The first kappa shape index (κ1) is 76.1. The van der Waals surface area contributed by atoms with Gasteiger partial charge in [-0.1, -0.05) is 349 Å². The van der Waals surface area contributed by atoms with Crippen molar-refractivity contribution in [3.63, 3.8) is 0 Å². The number of benzene rings is 22. The molecule has 0 saturated heterocycles. The zero-order valence-corrected chi connectivity index (χ0v) is 72.7. The second kappa shape index (κ2) is 30.2. The Labute approximate surface area is 756 Å². The second-order valence-corrected chi connectivity index (χ2v) is 36.2. The Morgan fingerprint density at radius 1 is 0.154 bits per heavy atom. The molecule has 130 heavy (non-hydrogen) atoms. The summed E-state index contributed by atoms with van der Waals surface area (Å²) >= 11 is 0. The minimum atomic E-state index is -0.125. The summed E-state index contributed by atoms with van der Waals surface area (Å²) in [5, 5.41) is 20.2. The van der Waals surface area contributed by atoms with Crippen LogP contribution in [0.25, 0.3) is 186 Å². The van der Waals surface area contributed by atoms with Gasteiger partial charge in [-0.15, -0.1) is 0 Å². The Morgan fingerprint density at radius 2 is 0.408 bits per heavy atom. The Kier molecular flexibility index (Phi) is 17.7. The number of para-hydroxylation sites is 2. The Morgan fingerprint density at radius 3 is 0.815 bits per heavy atom. The highest BCUT2D eigenvalue weighted by Gasteiger charge is 2.38. The highest BCUT2D eigenvalue weighted by atomic mass is 15.1. The average molecular weight is 1660 g/mol. The van der Waals surface area contributed by atoms with Crippen molar-refractivity contribution in [1.29, 1.82) is 0 Å². The van der Waals surface area contributed by atoms with Crippen LogP contribution >= 0.6 is 0 Å². The third-order valence-electron chi connectivity index (χ3n) is 28.3. The molecule has 2 aliphatic carbocycles. The number of aromatic nitrogens is 2. The molecule has 612 valence electrons. The molecule has 0 fully saturated rings. The lowest BCUT2D eigenvalue weighted by Gasteiger charge is -2.28. The lowest BCUT2D eigenvalue weighted by molar-refractivity contribution is 0.660. The highest BCUT2D eigenvalue weighted by Crippen LogP contribution is 2.55. The fourth-order valence-corrected chi connectivity index (χ4v) is 22.0. The van der Waals surface area contributed by atoms with E-state index in [1.165, 1.54) is 197 Å². The van der Waals surface area contributed by atoms with Crippen LogP contribution in [0.5, 0.6) is 0 Å². The van der Waals surface area contributed by atoms with E-state index < -0.39 is 0 Å². The van der Waals surface area contributed by atoms with Crippen molar-refractivity contribution in [2.45, 2.75) is 38.5 Å². The van der Waals surface area contributed by atoms with Gasteiger partial charge in [-0.25, -0.2) is 0 Å². The third kappa shape index (κ3) is 12.3. The predicted molar refractivity (Wildman–Crippen MR) is 553 cm³/mol. The monoisotopic (exact) mass is 1660 g/mol. The molecule has 26 rings (SSSR count). The van der Waals surface area contributed by atoms with Gasteiger partial charge >= 0.3 is 0 Å². The van der Waals surface area contributed by atoms with Gasteiger partial charge < -0.3 is 18.9 Å². The molecule has 0 aliphatic heterocycles. The smallest absolute Gasteiger partial charge is 0.0541 e. The number of hydrogen-bond donors (Lipinski definition) is 0. The van der Waals surface area contributed by atoms with Crippen LogP contribution in [0.15, 0.2) is 461 Å². The Hall–Kier alpha value is -16.4. The lowest BCUT2D eigenvalue weighted by Crippen LogP contribution is -2.16. The van der Waals surface area contributed by atoms with Gasteiger partial charge in [0.1, 0.15) is 0 Å². The maximum absolute atomic E-state index is 2.45. The molecule has 0 unspecified atom stereocenters. The quantitative estimate of drug-likeness (QED) is 0.113. The molecule has 4 heteroatoms. The van der Waals surface area contributed by atoms with Crippen LogP contribution in [0.4, 0.5) is 34.1 Å².